The van der Waals surface area contributed by atoms with E-state index in [1.54, 1.807) is 60.7 Å². The van der Waals surface area contributed by atoms with Gasteiger partial charge in [-0.15, -0.1) is 0 Å². The van der Waals surface area contributed by atoms with Crippen LogP contribution in [-0.4, -0.2) is 42.2 Å². The van der Waals surface area contributed by atoms with Crippen molar-refractivity contribution < 1.29 is 19.4 Å². The third-order valence-corrected chi connectivity index (χ3v) is 8.28. The quantitative estimate of drug-likeness (QED) is 0.0882. The number of carbonyl (C=O) groups excluding carboxylic acids is 1. The second kappa shape index (κ2) is 15.1. The zero-order valence-electron chi connectivity index (χ0n) is 25.0. The standard InChI is InChI=1S/C33H36N8O4/c34-40-38-28-13-6-4-11-25(28)21-33(32(43)36-22-23-9-2-1-3-10-23)30(27-12-5-7-14-29(27)39-41-35)45-31(37-33)24-15-17-26(18-16-24)44-20-8-19-42/h4-7,11-18,23,30,42H,1-3,8-10,19-22H2,(H,36,43)/t30-,33-/m1/s1. The number of aliphatic hydroxyl groups excluding tert-OH is 1. The van der Waals surface area contributed by atoms with Crippen molar-refractivity contribution in [3.8, 4) is 5.75 Å². The fraction of sp³-hybridized carbons (Fsp3) is 0.394. The number of aliphatic hydroxyl groups is 1. The predicted octanol–water partition coefficient (Wildman–Crippen LogP) is 7.53. The van der Waals surface area contributed by atoms with Crippen LogP contribution < -0.4 is 10.1 Å². The van der Waals surface area contributed by atoms with E-state index in [9.17, 15) is 15.9 Å². The Morgan fingerprint density at radius 2 is 1.67 bits per heavy atom. The van der Waals surface area contributed by atoms with Crippen LogP contribution in [0.5, 0.6) is 5.75 Å². The number of hydrogen-bond acceptors (Lipinski definition) is 7. The molecule has 3 aromatic carbocycles. The molecule has 232 valence electrons. The summed E-state index contributed by atoms with van der Waals surface area (Å²) < 4.78 is 12.3. The number of amides is 1. The Morgan fingerprint density at radius 3 is 2.40 bits per heavy atom. The first-order chi connectivity index (χ1) is 22.1. The van der Waals surface area contributed by atoms with Gasteiger partial charge in [-0.1, -0.05) is 78.0 Å². The van der Waals surface area contributed by atoms with Crippen molar-refractivity contribution >= 4 is 23.2 Å². The lowest BCUT2D eigenvalue weighted by molar-refractivity contribution is -0.129. The van der Waals surface area contributed by atoms with E-state index in [0.717, 1.165) is 25.7 Å². The molecule has 2 atom stereocenters. The van der Waals surface area contributed by atoms with Crippen LogP contribution in [0.25, 0.3) is 20.9 Å². The van der Waals surface area contributed by atoms with Crippen LogP contribution in [0.4, 0.5) is 11.4 Å². The summed E-state index contributed by atoms with van der Waals surface area (Å²) in [5.41, 5.74) is 19.5. The Kier molecular flexibility index (Phi) is 10.6. The van der Waals surface area contributed by atoms with Crippen LogP contribution in [0.2, 0.25) is 0 Å². The van der Waals surface area contributed by atoms with Crippen LogP contribution in [0, 0.1) is 5.92 Å². The van der Waals surface area contributed by atoms with E-state index >= 15 is 0 Å². The number of rotatable bonds is 13. The number of aliphatic imine (C=N–C) groups is 1. The fourth-order valence-electron chi connectivity index (χ4n) is 5.99. The Hall–Kier alpha value is -5.02. The number of nitrogens with zero attached hydrogens (tertiary/aromatic N) is 7. The number of carbonyl (C=O) groups is 1. The van der Waals surface area contributed by atoms with Crippen molar-refractivity contribution in [2.75, 3.05) is 19.8 Å². The van der Waals surface area contributed by atoms with Gasteiger partial charge in [-0.2, -0.15) is 0 Å². The monoisotopic (exact) mass is 608 g/mol. The van der Waals surface area contributed by atoms with Crippen molar-refractivity contribution in [3.63, 3.8) is 0 Å². The van der Waals surface area contributed by atoms with Crippen LogP contribution >= 0.6 is 0 Å². The largest absolute Gasteiger partial charge is 0.494 e. The SMILES string of the molecule is [N-]=[N+]=Nc1ccccc1C[C@@]1(C(=O)NCC2CCCCC2)N=C(c2ccc(OCCCO)cc2)O[C@@H]1c1ccccc1N=[N+]=[N-]. The highest BCUT2D eigenvalue weighted by atomic mass is 16.5. The molecule has 1 amide bonds. The van der Waals surface area contributed by atoms with E-state index in [4.69, 9.17) is 19.6 Å². The summed E-state index contributed by atoms with van der Waals surface area (Å²) in [7, 11) is 0. The van der Waals surface area contributed by atoms with Gasteiger partial charge in [0.1, 0.15) is 5.75 Å². The smallest absolute Gasteiger partial charge is 0.252 e. The first kappa shape index (κ1) is 31.4. The molecule has 1 aliphatic heterocycles. The highest BCUT2D eigenvalue weighted by molar-refractivity contribution is 6.01. The molecule has 0 aromatic heterocycles. The zero-order valence-corrected chi connectivity index (χ0v) is 25.0. The molecule has 3 aromatic rings. The molecule has 2 aliphatic rings. The second-order valence-electron chi connectivity index (χ2n) is 11.2. The first-order valence-corrected chi connectivity index (χ1v) is 15.2. The summed E-state index contributed by atoms with van der Waals surface area (Å²) in [6.45, 7) is 0.920. The maximum absolute atomic E-state index is 14.6. The molecule has 1 saturated carbocycles. The molecule has 5 rings (SSSR count). The first-order valence-electron chi connectivity index (χ1n) is 15.2. The average Bonchev–Trinajstić information content (AvgIpc) is 3.46. The van der Waals surface area contributed by atoms with Gasteiger partial charge in [0, 0.05) is 58.3 Å². The number of azide groups is 2. The van der Waals surface area contributed by atoms with Gasteiger partial charge in [0.2, 0.25) is 5.90 Å². The predicted molar refractivity (Wildman–Crippen MR) is 171 cm³/mol. The Labute approximate surface area is 261 Å². The fourth-order valence-corrected chi connectivity index (χ4v) is 5.99. The van der Waals surface area contributed by atoms with Gasteiger partial charge in [0.25, 0.3) is 5.91 Å². The summed E-state index contributed by atoms with van der Waals surface area (Å²) >= 11 is 0. The van der Waals surface area contributed by atoms with E-state index in [0.29, 0.717) is 59.3 Å². The van der Waals surface area contributed by atoms with Gasteiger partial charge >= 0.3 is 0 Å². The summed E-state index contributed by atoms with van der Waals surface area (Å²) in [6.07, 6.45) is 5.17. The molecule has 12 nitrogen and oxygen atoms in total. The minimum atomic E-state index is -1.54. The lowest BCUT2D eigenvalue weighted by atomic mass is 9.80. The Bertz CT molecular complexity index is 1610. The van der Waals surface area contributed by atoms with Gasteiger partial charge in [0.15, 0.2) is 11.6 Å². The second-order valence-corrected chi connectivity index (χ2v) is 11.2. The Morgan fingerprint density at radius 1 is 0.978 bits per heavy atom. The lowest BCUT2D eigenvalue weighted by Crippen LogP contribution is -2.51. The van der Waals surface area contributed by atoms with Crippen molar-refractivity contribution in [3.05, 3.63) is 110 Å². The molecule has 0 bridgehead atoms. The zero-order chi connectivity index (χ0) is 31.5. The van der Waals surface area contributed by atoms with Crippen molar-refractivity contribution in [1.29, 1.82) is 0 Å². The van der Waals surface area contributed by atoms with Gasteiger partial charge in [-0.3, -0.25) is 4.79 Å². The van der Waals surface area contributed by atoms with Crippen molar-refractivity contribution in [1.82, 2.24) is 5.32 Å². The highest BCUT2D eigenvalue weighted by Gasteiger charge is 2.54. The van der Waals surface area contributed by atoms with Crippen LogP contribution in [-0.2, 0) is 16.0 Å². The maximum atomic E-state index is 14.6. The molecule has 2 N–H and O–H groups in total. The van der Waals surface area contributed by atoms with E-state index in [1.165, 1.54) is 6.42 Å². The summed E-state index contributed by atoms with van der Waals surface area (Å²) in [4.78, 5) is 25.6. The number of nitrogens with one attached hydrogen (secondary N) is 1. The van der Waals surface area contributed by atoms with Crippen LogP contribution in [0.1, 0.15) is 61.3 Å². The molecule has 0 radical (unpaired) electrons. The molecule has 0 spiro atoms. The third kappa shape index (κ3) is 7.38. The topological polar surface area (TPSA) is 178 Å². The highest BCUT2D eigenvalue weighted by Crippen LogP contribution is 2.46. The molecule has 1 fully saturated rings. The summed E-state index contributed by atoms with van der Waals surface area (Å²) in [6, 6.07) is 21.2. The van der Waals surface area contributed by atoms with Crippen molar-refractivity contribution in [2.24, 2.45) is 21.1 Å². The minimum Gasteiger partial charge on any atom is -0.494 e. The average molecular weight is 609 g/mol. The van der Waals surface area contributed by atoms with E-state index in [1.807, 2.05) is 12.1 Å². The van der Waals surface area contributed by atoms with Crippen molar-refractivity contribution in [2.45, 2.75) is 56.6 Å². The minimum absolute atomic E-state index is 0.0368. The molecule has 1 heterocycles. The molecule has 45 heavy (non-hydrogen) atoms. The molecular formula is C33H36N8O4. The number of benzene rings is 3. The summed E-state index contributed by atoms with van der Waals surface area (Å²) in [5.74, 6) is 0.902. The van der Waals surface area contributed by atoms with Crippen LogP contribution in [0.15, 0.2) is 88.0 Å². The summed E-state index contributed by atoms with van der Waals surface area (Å²) in [5, 5.41) is 20.1. The number of hydrogen-bond donors (Lipinski definition) is 2. The Balaban J connectivity index is 1.61. The van der Waals surface area contributed by atoms with E-state index in [2.05, 4.69) is 25.4 Å². The van der Waals surface area contributed by atoms with Gasteiger partial charge < -0.3 is 19.9 Å². The van der Waals surface area contributed by atoms with Gasteiger partial charge in [0.05, 0.1) is 6.61 Å². The molecule has 1 aliphatic carbocycles. The lowest BCUT2D eigenvalue weighted by Gasteiger charge is -2.32. The van der Waals surface area contributed by atoms with E-state index < -0.39 is 11.6 Å². The maximum Gasteiger partial charge on any atom is 0.252 e. The normalized spacial score (nSPS) is 19.4. The van der Waals surface area contributed by atoms with Gasteiger partial charge in [-0.05, 0) is 59.7 Å². The third-order valence-electron chi connectivity index (χ3n) is 8.28. The molecular weight excluding hydrogens is 572 g/mol. The molecule has 0 saturated heterocycles. The van der Waals surface area contributed by atoms with E-state index in [-0.39, 0.29) is 24.8 Å². The molecule has 0 unspecified atom stereocenters. The number of ether oxygens (including phenoxy) is 2. The van der Waals surface area contributed by atoms with Crippen LogP contribution in [0.3, 0.4) is 0 Å². The molecule has 12 heteroatoms. The van der Waals surface area contributed by atoms with Gasteiger partial charge in [-0.25, -0.2) is 4.99 Å².